The molecule has 0 aliphatic carbocycles. The predicted molar refractivity (Wildman–Crippen MR) is 86.9 cm³/mol. The minimum absolute atomic E-state index is 0.238. The maximum Gasteiger partial charge on any atom is 0.240 e. The summed E-state index contributed by atoms with van der Waals surface area (Å²) in [5, 5.41) is 2.00. The van der Waals surface area contributed by atoms with Crippen LogP contribution in [-0.2, 0) is 22.0 Å². The highest BCUT2D eigenvalue weighted by atomic mass is 32.2. The van der Waals surface area contributed by atoms with Crippen LogP contribution in [0.25, 0.3) is 0 Å². The molecular formula is C15H20N2O2S2. The summed E-state index contributed by atoms with van der Waals surface area (Å²) in [6, 6.07) is 10.6. The van der Waals surface area contributed by atoms with Crippen molar-refractivity contribution < 1.29 is 8.42 Å². The van der Waals surface area contributed by atoms with Gasteiger partial charge in [0, 0.05) is 23.4 Å². The molecule has 0 saturated carbocycles. The van der Waals surface area contributed by atoms with Crippen molar-refractivity contribution in [1.29, 1.82) is 0 Å². The summed E-state index contributed by atoms with van der Waals surface area (Å²) in [7, 11) is -3.50. The molecule has 114 valence electrons. The molecule has 6 heteroatoms. The Labute approximate surface area is 130 Å². The molecule has 2 aromatic rings. The fourth-order valence-electron chi connectivity index (χ4n) is 1.91. The molecular weight excluding hydrogens is 304 g/mol. The first kappa shape index (κ1) is 16.2. The van der Waals surface area contributed by atoms with Crippen LogP contribution in [0.1, 0.15) is 24.3 Å². The number of hydrogen-bond donors (Lipinski definition) is 2. The first-order valence-electron chi connectivity index (χ1n) is 6.68. The lowest BCUT2D eigenvalue weighted by molar-refractivity contribution is 0.509. The molecule has 0 atom stereocenters. The van der Waals surface area contributed by atoms with Gasteiger partial charge in [-0.3, -0.25) is 0 Å². The predicted octanol–water partition coefficient (Wildman–Crippen LogP) is 2.46. The van der Waals surface area contributed by atoms with Crippen molar-refractivity contribution in [3.8, 4) is 0 Å². The lowest BCUT2D eigenvalue weighted by Gasteiger charge is -2.23. The minimum Gasteiger partial charge on any atom is -0.326 e. The van der Waals surface area contributed by atoms with Crippen LogP contribution in [-0.4, -0.2) is 15.0 Å². The van der Waals surface area contributed by atoms with Gasteiger partial charge in [0.2, 0.25) is 10.0 Å². The number of benzene rings is 1. The van der Waals surface area contributed by atoms with Gasteiger partial charge >= 0.3 is 0 Å². The molecule has 2 rings (SSSR count). The van der Waals surface area contributed by atoms with E-state index >= 15 is 0 Å². The molecule has 0 fully saturated rings. The average molecular weight is 324 g/mol. The van der Waals surface area contributed by atoms with Gasteiger partial charge in [-0.2, -0.15) is 0 Å². The van der Waals surface area contributed by atoms with Gasteiger partial charge in [-0.15, -0.1) is 11.3 Å². The Bertz CT molecular complexity index is 675. The highest BCUT2D eigenvalue weighted by molar-refractivity contribution is 7.89. The number of rotatable bonds is 6. The average Bonchev–Trinajstić information content (AvgIpc) is 3.01. The minimum atomic E-state index is -3.50. The lowest BCUT2D eigenvalue weighted by Crippen LogP contribution is -2.36. The van der Waals surface area contributed by atoms with Gasteiger partial charge in [-0.05, 0) is 29.1 Å². The summed E-state index contributed by atoms with van der Waals surface area (Å²) < 4.78 is 27.3. The van der Waals surface area contributed by atoms with E-state index in [0.29, 0.717) is 13.1 Å². The number of nitrogens with two attached hydrogens (primary N) is 1. The zero-order valence-corrected chi connectivity index (χ0v) is 13.8. The Kier molecular flexibility index (Phi) is 4.83. The molecule has 0 amide bonds. The van der Waals surface area contributed by atoms with E-state index in [2.05, 4.69) is 4.72 Å². The molecule has 0 aliphatic heterocycles. The normalized spacial score (nSPS) is 12.5. The maximum absolute atomic E-state index is 12.3. The second-order valence-corrected chi connectivity index (χ2v) is 8.25. The first-order chi connectivity index (χ1) is 9.85. The van der Waals surface area contributed by atoms with Crippen LogP contribution in [0.3, 0.4) is 0 Å². The Balaban J connectivity index is 2.10. The molecule has 0 radical (unpaired) electrons. The molecule has 1 aromatic carbocycles. The highest BCUT2D eigenvalue weighted by Gasteiger charge is 2.25. The molecule has 0 aliphatic rings. The fraction of sp³-hybridized carbons (Fsp3) is 0.333. The third kappa shape index (κ3) is 3.91. The largest absolute Gasteiger partial charge is 0.326 e. The van der Waals surface area contributed by atoms with Gasteiger partial charge in [0.05, 0.1) is 4.90 Å². The lowest BCUT2D eigenvalue weighted by atomic mass is 9.92. The fourth-order valence-corrected chi connectivity index (χ4v) is 3.98. The molecule has 1 heterocycles. The van der Waals surface area contributed by atoms with E-state index in [1.807, 2.05) is 31.4 Å². The van der Waals surface area contributed by atoms with Crippen LogP contribution >= 0.6 is 11.3 Å². The van der Waals surface area contributed by atoms with Gasteiger partial charge < -0.3 is 5.73 Å². The van der Waals surface area contributed by atoms with E-state index in [1.165, 1.54) is 0 Å². The standard InChI is InChI=1S/C15H20N2O2S2/c1-15(2,14-4-3-9-20-14)11-17-21(18,19)13-7-5-12(10-16)6-8-13/h3-9,17H,10-11,16H2,1-2H3. The Morgan fingerprint density at radius 1 is 1.19 bits per heavy atom. The van der Waals surface area contributed by atoms with Crippen molar-refractivity contribution in [3.63, 3.8) is 0 Å². The van der Waals surface area contributed by atoms with E-state index < -0.39 is 10.0 Å². The third-order valence-corrected chi connectivity index (χ3v) is 6.01. The molecule has 0 spiro atoms. The summed E-state index contributed by atoms with van der Waals surface area (Å²) in [4.78, 5) is 1.42. The maximum atomic E-state index is 12.3. The van der Waals surface area contributed by atoms with Gasteiger partial charge in [-0.1, -0.05) is 32.0 Å². The van der Waals surface area contributed by atoms with Crippen LogP contribution in [0.15, 0.2) is 46.7 Å². The summed E-state index contributed by atoms with van der Waals surface area (Å²) in [5.74, 6) is 0. The van der Waals surface area contributed by atoms with Crippen molar-refractivity contribution in [2.24, 2.45) is 5.73 Å². The van der Waals surface area contributed by atoms with E-state index in [4.69, 9.17) is 5.73 Å². The summed E-state index contributed by atoms with van der Waals surface area (Å²) in [5.41, 5.74) is 6.19. The topological polar surface area (TPSA) is 72.2 Å². The van der Waals surface area contributed by atoms with E-state index in [9.17, 15) is 8.42 Å². The molecule has 4 nitrogen and oxygen atoms in total. The van der Waals surface area contributed by atoms with E-state index in [-0.39, 0.29) is 10.3 Å². The number of sulfonamides is 1. The summed E-state index contributed by atoms with van der Waals surface area (Å²) in [6.07, 6.45) is 0. The van der Waals surface area contributed by atoms with Gasteiger partial charge in [-0.25, -0.2) is 13.1 Å². The first-order valence-corrected chi connectivity index (χ1v) is 9.04. The smallest absolute Gasteiger partial charge is 0.240 e. The second-order valence-electron chi connectivity index (χ2n) is 5.53. The molecule has 1 aromatic heterocycles. The van der Waals surface area contributed by atoms with Crippen LogP contribution in [0.2, 0.25) is 0 Å². The molecule has 3 N–H and O–H groups in total. The Hall–Kier alpha value is -1.21. The van der Waals surface area contributed by atoms with Crippen molar-refractivity contribution in [2.75, 3.05) is 6.54 Å². The number of nitrogens with one attached hydrogen (secondary N) is 1. The van der Waals surface area contributed by atoms with Gasteiger partial charge in [0.15, 0.2) is 0 Å². The van der Waals surface area contributed by atoms with Crippen molar-refractivity contribution in [1.82, 2.24) is 4.72 Å². The Morgan fingerprint density at radius 2 is 1.86 bits per heavy atom. The highest BCUT2D eigenvalue weighted by Crippen LogP contribution is 2.27. The SMILES string of the molecule is CC(C)(CNS(=O)(=O)c1ccc(CN)cc1)c1cccs1. The van der Waals surface area contributed by atoms with Crippen molar-refractivity contribution >= 4 is 21.4 Å². The molecule has 21 heavy (non-hydrogen) atoms. The Morgan fingerprint density at radius 3 is 2.38 bits per heavy atom. The third-order valence-electron chi connectivity index (χ3n) is 3.36. The monoisotopic (exact) mass is 324 g/mol. The van der Waals surface area contributed by atoms with Gasteiger partial charge in [0.25, 0.3) is 0 Å². The zero-order chi connectivity index (χ0) is 15.5. The quantitative estimate of drug-likeness (QED) is 0.857. The van der Waals surface area contributed by atoms with E-state index in [1.54, 1.807) is 35.6 Å². The molecule has 0 unspecified atom stereocenters. The second kappa shape index (κ2) is 6.27. The number of hydrogen-bond acceptors (Lipinski definition) is 4. The van der Waals surface area contributed by atoms with Crippen molar-refractivity contribution in [2.45, 2.75) is 30.7 Å². The van der Waals surface area contributed by atoms with Crippen LogP contribution in [0.5, 0.6) is 0 Å². The van der Waals surface area contributed by atoms with Crippen molar-refractivity contribution in [3.05, 3.63) is 52.2 Å². The molecule has 0 bridgehead atoms. The van der Waals surface area contributed by atoms with Crippen LogP contribution < -0.4 is 10.5 Å². The zero-order valence-electron chi connectivity index (χ0n) is 12.2. The van der Waals surface area contributed by atoms with E-state index in [0.717, 1.165) is 10.4 Å². The number of thiophene rings is 1. The summed E-state index contributed by atoms with van der Waals surface area (Å²) in [6.45, 7) is 4.81. The van der Waals surface area contributed by atoms with Gasteiger partial charge in [0.1, 0.15) is 0 Å². The van der Waals surface area contributed by atoms with Crippen LogP contribution in [0.4, 0.5) is 0 Å². The van der Waals surface area contributed by atoms with Crippen LogP contribution in [0, 0.1) is 0 Å². The summed E-state index contributed by atoms with van der Waals surface area (Å²) >= 11 is 1.63. The molecule has 0 saturated heterocycles.